The van der Waals surface area contributed by atoms with Crippen molar-refractivity contribution in [2.45, 2.75) is 6.92 Å². The van der Waals surface area contributed by atoms with Gasteiger partial charge in [0.1, 0.15) is 0 Å². The molecule has 116 valence electrons. The number of amides is 2. The van der Waals surface area contributed by atoms with Crippen LogP contribution in [0, 0.1) is 17.0 Å². The molecular formula is C15H10N2O4S2. The summed E-state index contributed by atoms with van der Waals surface area (Å²) in [6, 6.07) is 6.90. The average molecular weight is 346 g/mol. The molecule has 1 saturated heterocycles. The molecule has 0 saturated carbocycles. The van der Waals surface area contributed by atoms with Crippen LogP contribution >= 0.6 is 23.1 Å². The summed E-state index contributed by atoms with van der Waals surface area (Å²) in [5, 5.41) is 14.7. The molecule has 6 nitrogen and oxygen atoms in total. The molecule has 23 heavy (non-hydrogen) atoms. The smallest absolute Gasteiger partial charge is 0.282 e. The van der Waals surface area contributed by atoms with Gasteiger partial charge >= 0.3 is 0 Å². The summed E-state index contributed by atoms with van der Waals surface area (Å²) < 4.78 is 0. The first-order valence-electron chi connectivity index (χ1n) is 6.53. The van der Waals surface area contributed by atoms with E-state index in [9.17, 15) is 19.7 Å². The maximum Gasteiger partial charge on any atom is 0.290 e. The number of aryl methyl sites for hydroxylation is 1. The Morgan fingerprint density at radius 1 is 1.22 bits per heavy atom. The highest BCUT2D eigenvalue weighted by Gasteiger charge is 2.25. The predicted octanol–water partition coefficient (Wildman–Crippen LogP) is 3.96. The van der Waals surface area contributed by atoms with Gasteiger partial charge in [-0.3, -0.25) is 25.0 Å². The summed E-state index contributed by atoms with van der Waals surface area (Å²) in [6.07, 6.45) is 1.64. The fraction of sp³-hybridized carbons (Fsp3) is 0.0667. The quantitative estimate of drug-likeness (QED) is 0.516. The Labute approximate surface area is 139 Å². The van der Waals surface area contributed by atoms with Crippen LogP contribution in [-0.2, 0) is 4.79 Å². The lowest BCUT2D eigenvalue weighted by Gasteiger charge is -2.00. The largest absolute Gasteiger partial charge is 0.290 e. The Kier molecular flexibility index (Phi) is 4.01. The summed E-state index contributed by atoms with van der Waals surface area (Å²) in [6.45, 7) is 1.69. The van der Waals surface area contributed by atoms with E-state index in [1.807, 2.05) is 17.5 Å². The number of nitrogens with one attached hydrogen (secondary N) is 1. The van der Waals surface area contributed by atoms with Gasteiger partial charge in [0.05, 0.1) is 9.83 Å². The number of rotatable bonds is 3. The van der Waals surface area contributed by atoms with Crippen molar-refractivity contribution in [1.29, 1.82) is 0 Å². The molecule has 2 amide bonds. The molecule has 0 unspecified atom stereocenters. The zero-order valence-corrected chi connectivity index (χ0v) is 13.5. The number of carbonyl (C=O) groups is 2. The fourth-order valence-electron chi connectivity index (χ4n) is 2.12. The molecule has 8 heteroatoms. The number of nitro benzene ring substituents is 1. The molecule has 1 aromatic carbocycles. The predicted molar refractivity (Wildman–Crippen MR) is 90.3 cm³/mol. The maximum absolute atomic E-state index is 11.5. The Bertz CT molecular complexity index is 870. The van der Waals surface area contributed by atoms with Gasteiger partial charge in [0.15, 0.2) is 0 Å². The number of carbonyl (C=O) groups excluding carboxylic acids is 2. The summed E-state index contributed by atoms with van der Waals surface area (Å²) in [4.78, 5) is 34.4. The lowest BCUT2D eigenvalue weighted by Crippen LogP contribution is -2.17. The van der Waals surface area contributed by atoms with Crippen molar-refractivity contribution in [3.05, 3.63) is 55.1 Å². The molecule has 1 fully saturated rings. The number of thiophene rings is 1. The molecule has 1 aliphatic heterocycles. The summed E-state index contributed by atoms with van der Waals surface area (Å²) >= 11 is 2.26. The van der Waals surface area contributed by atoms with Crippen molar-refractivity contribution in [1.82, 2.24) is 5.32 Å². The van der Waals surface area contributed by atoms with E-state index in [0.717, 1.165) is 27.8 Å². The molecule has 2 aromatic rings. The minimum atomic E-state index is -0.404. The van der Waals surface area contributed by atoms with E-state index in [2.05, 4.69) is 5.32 Å². The van der Waals surface area contributed by atoms with Gasteiger partial charge in [0.25, 0.3) is 16.8 Å². The highest BCUT2D eigenvalue weighted by molar-refractivity contribution is 8.18. The maximum atomic E-state index is 11.5. The van der Waals surface area contributed by atoms with Gasteiger partial charge < -0.3 is 0 Å². The van der Waals surface area contributed by atoms with Crippen LogP contribution in [-0.4, -0.2) is 16.1 Å². The van der Waals surface area contributed by atoms with E-state index >= 15 is 0 Å². The first-order chi connectivity index (χ1) is 10.9. The second kappa shape index (κ2) is 5.98. The number of nitro groups is 1. The number of thioether (sulfide) groups is 1. The molecule has 0 radical (unpaired) electrons. The number of hydrogen-bond acceptors (Lipinski definition) is 6. The highest BCUT2D eigenvalue weighted by atomic mass is 32.2. The Morgan fingerprint density at radius 3 is 2.65 bits per heavy atom. The molecular weight excluding hydrogens is 336 g/mol. The van der Waals surface area contributed by atoms with Crippen molar-refractivity contribution in [2.75, 3.05) is 0 Å². The van der Waals surface area contributed by atoms with Crippen LogP contribution in [0.1, 0.15) is 10.4 Å². The first-order valence-corrected chi connectivity index (χ1v) is 8.22. The Balaban J connectivity index is 1.92. The second-order valence-electron chi connectivity index (χ2n) is 4.85. The van der Waals surface area contributed by atoms with Crippen molar-refractivity contribution >= 4 is 46.0 Å². The van der Waals surface area contributed by atoms with Crippen LogP contribution in [0.2, 0.25) is 0 Å². The van der Waals surface area contributed by atoms with E-state index in [1.165, 1.54) is 17.4 Å². The molecule has 0 atom stereocenters. The van der Waals surface area contributed by atoms with Crippen molar-refractivity contribution in [3.8, 4) is 11.1 Å². The van der Waals surface area contributed by atoms with Crippen LogP contribution in [0.5, 0.6) is 0 Å². The molecule has 0 spiro atoms. The van der Waals surface area contributed by atoms with E-state index in [-0.39, 0.29) is 10.9 Å². The van der Waals surface area contributed by atoms with Gasteiger partial charge in [-0.25, -0.2) is 0 Å². The standard InChI is InChI=1S/C15H10N2O4S2/c1-8-2-3-9(5-12(8)17(20)21)10-4-11(22-7-10)6-13-14(18)16-15(19)23-13/h2-7H,1H3,(H,16,18,19). The zero-order chi connectivity index (χ0) is 16.6. The van der Waals surface area contributed by atoms with Crippen molar-refractivity contribution in [2.24, 2.45) is 0 Å². The van der Waals surface area contributed by atoms with E-state index in [4.69, 9.17) is 0 Å². The second-order valence-corrected chi connectivity index (χ2v) is 6.81. The summed E-state index contributed by atoms with van der Waals surface area (Å²) in [5.74, 6) is -0.402. The van der Waals surface area contributed by atoms with Crippen LogP contribution < -0.4 is 5.32 Å². The third-order valence-corrected chi connectivity index (χ3v) is 4.96. The molecule has 1 N–H and O–H groups in total. The normalized spacial score (nSPS) is 16.0. The molecule has 2 heterocycles. The minimum Gasteiger partial charge on any atom is -0.282 e. The van der Waals surface area contributed by atoms with Gasteiger partial charge in [-0.15, -0.1) is 11.3 Å². The van der Waals surface area contributed by atoms with E-state index < -0.39 is 10.8 Å². The Hall–Kier alpha value is -2.45. The lowest BCUT2D eigenvalue weighted by atomic mass is 10.1. The first kappa shape index (κ1) is 15.4. The van der Waals surface area contributed by atoms with Crippen LogP contribution in [0.4, 0.5) is 10.5 Å². The van der Waals surface area contributed by atoms with E-state index in [1.54, 1.807) is 19.1 Å². The minimum absolute atomic E-state index is 0.0740. The van der Waals surface area contributed by atoms with Crippen molar-refractivity contribution < 1.29 is 14.5 Å². The number of imide groups is 1. The van der Waals surface area contributed by atoms with Gasteiger partial charge in [-0.05, 0) is 47.3 Å². The fourth-order valence-corrected chi connectivity index (χ4v) is 3.71. The van der Waals surface area contributed by atoms with Gasteiger partial charge in [0, 0.05) is 16.5 Å². The summed E-state index contributed by atoms with van der Waals surface area (Å²) in [5.41, 5.74) is 2.25. The van der Waals surface area contributed by atoms with Gasteiger partial charge in [-0.1, -0.05) is 12.1 Å². The van der Waals surface area contributed by atoms with Crippen LogP contribution in [0.25, 0.3) is 17.2 Å². The van der Waals surface area contributed by atoms with Crippen LogP contribution in [0.15, 0.2) is 34.6 Å². The van der Waals surface area contributed by atoms with E-state index in [0.29, 0.717) is 10.5 Å². The zero-order valence-electron chi connectivity index (χ0n) is 11.9. The number of nitrogens with zero attached hydrogens (tertiary/aromatic N) is 1. The topological polar surface area (TPSA) is 89.3 Å². The molecule has 1 aliphatic rings. The van der Waals surface area contributed by atoms with Gasteiger partial charge in [0.2, 0.25) is 0 Å². The third kappa shape index (κ3) is 3.17. The van der Waals surface area contributed by atoms with Gasteiger partial charge in [-0.2, -0.15) is 0 Å². The number of hydrogen-bond donors (Lipinski definition) is 1. The third-order valence-electron chi connectivity index (χ3n) is 3.27. The molecule has 0 aliphatic carbocycles. The Morgan fingerprint density at radius 2 is 2.00 bits per heavy atom. The molecule has 1 aromatic heterocycles. The van der Waals surface area contributed by atoms with Crippen molar-refractivity contribution in [3.63, 3.8) is 0 Å². The SMILES string of the molecule is Cc1ccc(-c2csc(C=C3SC(=O)NC3=O)c2)cc1[N+](=O)[O-]. The lowest BCUT2D eigenvalue weighted by molar-refractivity contribution is -0.385. The molecule has 3 rings (SSSR count). The summed E-state index contributed by atoms with van der Waals surface area (Å²) in [7, 11) is 0. The monoisotopic (exact) mass is 346 g/mol. The highest BCUT2D eigenvalue weighted by Crippen LogP contribution is 2.33. The van der Waals surface area contributed by atoms with Crippen LogP contribution in [0.3, 0.4) is 0 Å². The number of benzene rings is 1. The average Bonchev–Trinajstić information content (AvgIpc) is 3.06. The molecule has 0 bridgehead atoms.